The van der Waals surface area contributed by atoms with Gasteiger partial charge < -0.3 is 0 Å². The van der Waals surface area contributed by atoms with Crippen molar-refractivity contribution in [3.63, 3.8) is 0 Å². The summed E-state index contributed by atoms with van der Waals surface area (Å²) in [5.74, 6) is 0. The minimum absolute atomic E-state index is 1.25. The minimum Gasteiger partial charge on any atom is -0.106 e. The molecule has 1 rings (SSSR count). The van der Waals surface area contributed by atoms with Gasteiger partial charge in [-0.1, -0.05) is 12.1 Å². The van der Waals surface area contributed by atoms with Crippen LogP contribution in [0.15, 0.2) is 24.3 Å². The van der Waals surface area contributed by atoms with E-state index in [2.05, 4.69) is 50.0 Å². The van der Waals surface area contributed by atoms with Crippen molar-refractivity contribution in [1.82, 2.24) is 0 Å². The van der Waals surface area contributed by atoms with E-state index in [1.54, 1.807) is 0 Å². The van der Waals surface area contributed by atoms with Crippen LogP contribution in [0.5, 0.6) is 0 Å². The monoisotopic (exact) mass is 236 g/mol. The zero-order valence-electron chi connectivity index (χ0n) is 4.26. The lowest BCUT2D eigenvalue weighted by Crippen LogP contribution is -1.87. The van der Waals surface area contributed by atoms with E-state index < -0.39 is 0 Å². The van der Waals surface area contributed by atoms with Gasteiger partial charge in [-0.05, 0) is 40.0 Å². The van der Waals surface area contributed by atoms with Gasteiger partial charge in [-0.15, -0.1) is 9.24 Å². The second-order valence-corrected chi connectivity index (χ2v) is 3.47. The summed E-state index contributed by atoms with van der Waals surface area (Å²) in [6.07, 6.45) is 0. The molecule has 0 spiro atoms. The van der Waals surface area contributed by atoms with Gasteiger partial charge in [0.1, 0.15) is 0 Å². The molecular weight excluding hydrogens is 230 g/mol. The summed E-state index contributed by atoms with van der Waals surface area (Å²) in [5, 5.41) is 1.25. The largest absolute Gasteiger partial charge is 0.106 e. The van der Waals surface area contributed by atoms with E-state index in [1.165, 1.54) is 8.87 Å². The summed E-state index contributed by atoms with van der Waals surface area (Å²) >= 11 is 2.29. The van der Waals surface area contributed by atoms with E-state index in [-0.39, 0.29) is 0 Å². The Labute approximate surface area is 65.0 Å². The lowest BCUT2D eigenvalue weighted by molar-refractivity contribution is 1.70. The Balaban J connectivity index is 3.08. The molecule has 0 N–H and O–H groups in total. The molecule has 0 aliphatic rings. The maximum Gasteiger partial charge on any atom is 0.0136 e. The van der Waals surface area contributed by atoms with Gasteiger partial charge in [-0.3, -0.25) is 0 Å². The van der Waals surface area contributed by atoms with Gasteiger partial charge in [0, 0.05) is 3.57 Å². The Morgan fingerprint density at radius 1 is 1.38 bits per heavy atom. The Bertz CT molecular complexity index is 168. The summed E-state index contributed by atoms with van der Waals surface area (Å²) in [4.78, 5) is 0. The molecule has 1 unspecified atom stereocenters. The Morgan fingerprint density at radius 3 is 2.50 bits per heavy atom. The fourth-order valence-corrected chi connectivity index (χ4v) is 1.70. The third kappa shape index (κ3) is 1.71. The van der Waals surface area contributed by atoms with Crippen LogP contribution in [0.25, 0.3) is 0 Å². The first kappa shape index (κ1) is 6.50. The molecule has 2 heteroatoms. The Kier molecular flexibility index (Phi) is 2.27. The number of hydrogen-bond acceptors (Lipinski definition) is 0. The number of rotatable bonds is 0. The van der Waals surface area contributed by atoms with E-state index >= 15 is 0 Å². The van der Waals surface area contributed by atoms with Crippen molar-refractivity contribution in [3.8, 4) is 0 Å². The van der Waals surface area contributed by atoms with Crippen molar-refractivity contribution in [1.29, 1.82) is 0 Å². The molecule has 0 fully saturated rings. The van der Waals surface area contributed by atoms with Crippen molar-refractivity contribution < 1.29 is 0 Å². The van der Waals surface area contributed by atoms with Crippen LogP contribution in [0.1, 0.15) is 0 Å². The summed E-state index contributed by atoms with van der Waals surface area (Å²) < 4.78 is 1.29. The minimum atomic E-state index is 1.25. The molecule has 0 aliphatic carbocycles. The van der Waals surface area contributed by atoms with Gasteiger partial charge in [-0.25, -0.2) is 0 Å². The predicted molar refractivity (Wildman–Crippen MR) is 48.5 cm³/mol. The van der Waals surface area contributed by atoms with Crippen LogP contribution in [0, 0.1) is 3.57 Å². The molecule has 0 amide bonds. The lowest BCUT2D eigenvalue weighted by atomic mass is 10.4. The maximum absolute atomic E-state index is 2.66. The second-order valence-electron chi connectivity index (χ2n) is 1.56. The highest BCUT2D eigenvalue weighted by Gasteiger charge is 1.82. The summed E-state index contributed by atoms with van der Waals surface area (Å²) in [7, 11) is 2.66. The van der Waals surface area contributed by atoms with Gasteiger partial charge in [0.2, 0.25) is 0 Å². The molecule has 0 heterocycles. The third-order valence-corrected chi connectivity index (χ3v) is 1.88. The first-order chi connectivity index (χ1) is 3.79. The van der Waals surface area contributed by atoms with E-state index in [0.717, 1.165) is 0 Å². The number of hydrogen-bond donors (Lipinski definition) is 0. The van der Waals surface area contributed by atoms with Crippen LogP contribution in [-0.4, -0.2) is 0 Å². The fraction of sp³-hybridized carbons (Fsp3) is 0. The van der Waals surface area contributed by atoms with Crippen LogP contribution < -0.4 is 5.30 Å². The molecule has 0 nitrogen and oxygen atoms in total. The molecule has 1 atom stereocenters. The molecule has 42 valence electrons. The molecule has 1 aromatic carbocycles. The Hall–Kier alpha value is 0.380. The van der Waals surface area contributed by atoms with Crippen molar-refractivity contribution >= 4 is 37.1 Å². The predicted octanol–water partition coefficient (Wildman–Crippen LogP) is 1.79. The van der Waals surface area contributed by atoms with E-state index in [0.29, 0.717) is 0 Å². The average molecular weight is 236 g/mol. The van der Waals surface area contributed by atoms with Crippen molar-refractivity contribution in [2.24, 2.45) is 0 Å². The highest BCUT2D eigenvalue weighted by atomic mass is 127. The third-order valence-electron chi connectivity index (χ3n) is 0.849. The molecule has 1 aromatic rings. The molecule has 8 heavy (non-hydrogen) atoms. The molecule has 0 aliphatic heterocycles. The highest BCUT2D eigenvalue weighted by Crippen LogP contribution is 2.01. The SMILES string of the molecule is Pc1cccc(I)c1. The molecule has 0 bridgehead atoms. The van der Waals surface area contributed by atoms with Gasteiger partial charge in [0.05, 0.1) is 0 Å². The molecule has 0 radical (unpaired) electrons. The topological polar surface area (TPSA) is 0 Å². The van der Waals surface area contributed by atoms with Crippen molar-refractivity contribution in [3.05, 3.63) is 27.8 Å². The molecule has 0 saturated carbocycles. The van der Waals surface area contributed by atoms with E-state index in [9.17, 15) is 0 Å². The molecule has 0 saturated heterocycles. The highest BCUT2D eigenvalue weighted by molar-refractivity contribution is 14.1. The van der Waals surface area contributed by atoms with Crippen LogP contribution in [0.4, 0.5) is 0 Å². The smallest absolute Gasteiger partial charge is 0.0136 e. The fourth-order valence-electron chi connectivity index (χ4n) is 0.507. The number of halogens is 1. The zero-order valence-corrected chi connectivity index (χ0v) is 7.58. The van der Waals surface area contributed by atoms with E-state index in [4.69, 9.17) is 0 Å². The zero-order chi connectivity index (χ0) is 5.98. The normalized spacial score (nSPS) is 9.25. The summed E-state index contributed by atoms with van der Waals surface area (Å²) in [6, 6.07) is 8.30. The quantitative estimate of drug-likeness (QED) is 0.475. The molecular formula is C6H6IP. The summed E-state index contributed by atoms with van der Waals surface area (Å²) in [5.41, 5.74) is 0. The van der Waals surface area contributed by atoms with Crippen molar-refractivity contribution in [2.75, 3.05) is 0 Å². The summed E-state index contributed by atoms with van der Waals surface area (Å²) in [6.45, 7) is 0. The number of benzene rings is 1. The average Bonchev–Trinajstić information content (AvgIpc) is 1.64. The first-order valence-electron chi connectivity index (χ1n) is 2.30. The van der Waals surface area contributed by atoms with Gasteiger partial charge >= 0.3 is 0 Å². The van der Waals surface area contributed by atoms with Crippen LogP contribution in [-0.2, 0) is 0 Å². The first-order valence-corrected chi connectivity index (χ1v) is 3.96. The van der Waals surface area contributed by atoms with Crippen LogP contribution >= 0.6 is 31.8 Å². The maximum atomic E-state index is 2.66. The lowest BCUT2D eigenvalue weighted by Gasteiger charge is -1.89. The van der Waals surface area contributed by atoms with Crippen molar-refractivity contribution in [2.45, 2.75) is 0 Å². The van der Waals surface area contributed by atoms with Gasteiger partial charge in [0.15, 0.2) is 0 Å². The van der Waals surface area contributed by atoms with Gasteiger partial charge in [-0.2, -0.15) is 0 Å². The van der Waals surface area contributed by atoms with Crippen LogP contribution in [0.2, 0.25) is 0 Å². The molecule has 0 aromatic heterocycles. The Morgan fingerprint density at radius 2 is 2.12 bits per heavy atom. The van der Waals surface area contributed by atoms with Crippen LogP contribution in [0.3, 0.4) is 0 Å². The second kappa shape index (κ2) is 2.79. The van der Waals surface area contributed by atoms with E-state index in [1.807, 2.05) is 6.07 Å². The van der Waals surface area contributed by atoms with Gasteiger partial charge in [0.25, 0.3) is 0 Å². The standard InChI is InChI=1S/C6H6IP/c7-5-2-1-3-6(8)4-5/h1-4H,8H2.